The van der Waals surface area contributed by atoms with Crippen molar-refractivity contribution in [3.8, 4) is 11.3 Å². The number of piperazine rings is 1. The summed E-state index contributed by atoms with van der Waals surface area (Å²) in [5.41, 5.74) is 0.296. The van der Waals surface area contributed by atoms with E-state index in [4.69, 9.17) is 0 Å². The minimum Gasteiger partial charge on any atom is -0.337 e. The van der Waals surface area contributed by atoms with Crippen molar-refractivity contribution in [2.24, 2.45) is 0 Å². The van der Waals surface area contributed by atoms with Crippen LogP contribution in [0.1, 0.15) is 6.92 Å². The molecule has 24 heavy (non-hydrogen) atoms. The summed E-state index contributed by atoms with van der Waals surface area (Å²) in [5.74, 6) is -0.595. The van der Waals surface area contributed by atoms with Gasteiger partial charge in [0, 0.05) is 31.7 Å². The molecule has 0 amide bonds. The van der Waals surface area contributed by atoms with Gasteiger partial charge in [-0.25, -0.2) is 13.8 Å². The lowest BCUT2D eigenvalue weighted by Crippen LogP contribution is -2.48. The van der Waals surface area contributed by atoms with Crippen molar-refractivity contribution in [1.29, 1.82) is 0 Å². The number of Topliss-reactive ketones (excluding diaryl/α,β-unsaturated/α-hetero) is 1. The molecule has 126 valence electrons. The van der Waals surface area contributed by atoms with Gasteiger partial charge >= 0.3 is 0 Å². The van der Waals surface area contributed by atoms with Crippen molar-refractivity contribution >= 4 is 11.7 Å². The Kier molecular flexibility index (Phi) is 4.75. The molecule has 0 unspecified atom stereocenters. The molecule has 6 nitrogen and oxygen atoms in total. The van der Waals surface area contributed by atoms with E-state index in [0.717, 1.165) is 18.2 Å². The highest BCUT2D eigenvalue weighted by Crippen LogP contribution is 2.22. The summed E-state index contributed by atoms with van der Waals surface area (Å²) >= 11 is 0. The maximum Gasteiger partial charge on any atom is 0.245 e. The van der Waals surface area contributed by atoms with E-state index in [0.29, 0.717) is 38.7 Å². The van der Waals surface area contributed by atoms with Gasteiger partial charge in [-0.1, -0.05) is 0 Å². The fourth-order valence-electron chi connectivity index (χ4n) is 2.67. The summed E-state index contributed by atoms with van der Waals surface area (Å²) in [7, 11) is 0. The molecule has 8 heteroatoms. The molecule has 0 atom stereocenters. The second-order valence-electron chi connectivity index (χ2n) is 5.73. The van der Waals surface area contributed by atoms with Gasteiger partial charge in [-0.05, 0) is 25.1 Å². The van der Waals surface area contributed by atoms with Crippen LogP contribution in [0.3, 0.4) is 0 Å². The molecular formula is C16H17F2N5O. The van der Waals surface area contributed by atoms with Crippen molar-refractivity contribution in [1.82, 2.24) is 20.1 Å². The summed E-state index contributed by atoms with van der Waals surface area (Å²) in [4.78, 5) is 19.5. The van der Waals surface area contributed by atoms with E-state index >= 15 is 0 Å². The van der Waals surface area contributed by atoms with Gasteiger partial charge in [-0.2, -0.15) is 5.10 Å². The van der Waals surface area contributed by atoms with Crippen LogP contribution in [0, 0.1) is 11.6 Å². The zero-order chi connectivity index (χ0) is 17.1. The largest absolute Gasteiger partial charge is 0.337 e. The Hall–Kier alpha value is -2.48. The minimum absolute atomic E-state index is 0.0568. The second kappa shape index (κ2) is 6.96. The van der Waals surface area contributed by atoms with Crippen LogP contribution in [0.4, 0.5) is 14.7 Å². The number of hydrogen-bond donors (Lipinski definition) is 0. The number of aromatic nitrogens is 3. The average Bonchev–Trinajstić information content (AvgIpc) is 2.57. The van der Waals surface area contributed by atoms with Crippen LogP contribution in [0.2, 0.25) is 0 Å². The Morgan fingerprint density at radius 3 is 2.67 bits per heavy atom. The maximum absolute atomic E-state index is 13.9. The third-order valence-electron chi connectivity index (χ3n) is 3.85. The van der Waals surface area contributed by atoms with Crippen LogP contribution in [0.15, 0.2) is 24.4 Å². The molecule has 0 bridgehead atoms. The first-order valence-corrected chi connectivity index (χ1v) is 7.65. The fourth-order valence-corrected chi connectivity index (χ4v) is 2.67. The number of rotatable bonds is 4. The smallest absolute Gasteiger partial charge is 0.245 e. The molecule has 0 aliphatic carbocycles. The number of nitrogens with zero attached hydrogens (tertiary/aromatic N) is 5. The predicted octanol–water partition coefficient (Wildman–Crippen LogP) is 1.53. The van der Waals surface area contributed by atoms with Gasteiger partial charge in [0.2, 0.25) is 5.95 Å². The lowest BCUT2D eigenvalue weighted by atomic mass is 10.1. The summed E-state index contributed by atoms with van der Waals surface area (Å²) in [5, 5.41) is 7.85. The molecule has 0 spiro atoms. The molecule has 1 aliphatic rings. The topological polar surface area (TPSA) is 62.2 Å². The van der Waals surface area contributed by atoms with E-state index in [-0.39, 0.29) is 17.0 Å². The third kappa shape index (κ3) is 3.70. The summed E-state index contributed by atoms with van der Waals surface area (Å²) in [6.07, 6.45) is 1.31. The molecule has 3 rings (SSSR count). The molecule has 0 N–H and O–H groups in total. The lowest BCUT2D eigenvalue weighted by Gasteiger charge is -2.33. The zero-order valence-corrected chi connectivity index (χ0v) is 13.2. The quantitative estimate of drug-likeness (QED) is 0.846. The van der Waals surface area contributed by atoms with Crippen LogP contribution in [-0.4, -0.2) is 58.6 Å². The number of halogens is 2. The number of carbonyl (C=O) groups excluding carboxylic acids is 1. The van der Waals surface area contributed by atoms with Crippen LogP contribution in [0.5, 0.6) is 0 Å². The Morgan fingerprint density at radius 1 is 1.21 bits per heavy atom. The van der Waals surface area contributed by atoms with Crippen LogP contribution in [0.25, 0.3) is 11.3 Å². The Labute approximate surface area is 138 Å². The SMILES string of the molecule is CC(=O)CN1CCN(c2nncc(-c3cc(F)ccc3F)n2)CC1. The number of ketones is 1. The first kappa shape index (κ1) is 16.4. The number of hydrogen-bond acceptors (Lipinski definition) is 6. The van der Waals surface area contributed by atoms with E-state index in [1.165, 1.54) is 6.20 Å². The monoisotopic (exact) mass is 333 g/mol. The van der Waals surface area contributed by atoms with Gasteiger partial charge in [0.15, 0.2) is 0 Å². The highest BCUT2D eigenvalue weighted by Gasteiger charge is 2.21. The van der Waals surface area contributed by atoms with Crippen molar-refractivity contribution in [2.45, 2.75) is 6.92 Å². The van der Waals surface area contributed by atoms with E-state index in [2.05, 4.69) is 20.1 Å². The molecule has 1 saturated heterocycles. The average molecular weight is 333 g/mol. The van der Waals surface area contributed by atoms with Gasteiger partial charge in [0.05, 0.1) is 18.4 Å². The van der Waals surface area contributed by atoms with Crippen molar-refractivity contribution in [3.63, 3.8) is 0 Å². The van der Waals surface area contributed by atoms with Gasteiger partial charge in [-0.15, -0.1) is 5.10 Å². The summed E-state index contributed by atoms with van der Waals surface area (Å²) < 4.78 is 27.3. The van der Waals surface area contributed by atoms with Crippen LogP contribution in [-0.2, 0) is 4.79 Å². The Morgan fingerprint density at radius 2 is 1.96 bits per heavy atom. The number of benzene rings is 1. The van der Waals surface area contributed by atoms with Crippen molar-refractivity contribution < 1.29 is 13.6 Å². The number of anilines is 1. The predicted molar refractivity (Wildman–Crippen MR) is 84.5 cm³/mol. The minimum atomic E-state index is -0.561. The van der Waals surface area contributed by atoms with Gasteiger partial charge in [-0.3, -0.25) is 9.69 Å². The molecular weight excluding hydrogens is 316 g/mol. The van der Waals surface area contributed by atoms with E-state index < -0.39 is 11.6 Å². The molecule has 1 aliphatic heterocycles. The standard InChI is InChI=1S/C16H17F2N5O/c1-11(24)10-22-4-6-23(7-5-22)16-20-15(9-19-21-16)13-8-12(17)2-3-14(13)18/h2-3,8-9H,4-7,10H2,1H3. The zero-order valence-electron chi connectivity index (χ0n) is 13.2. The van der Waals surface area contributed by atoms with Crippen molar-refractivity contribution in [2.75, 3.05) is 37.6 Å². The first-order chi connectivity index (χ1) is 11.5. The Bertz CT molecular complexity index is 747. The highest BCUT2D eigenvalue weighted by atomic mass is 19.1. The molecule has 2 heterocycles. The lowest BCUT2D eigenvalue weighted by molar-refractivity contribution is -0.118. The molecule has 0 radical (unpaired) electrons. The molecule has 1 aromatic carbocycles. The summed E-state index contributed by atoms with van der Waals surface area (Å²) in [6.45, 7) is 4.70. The van der Waals surface area contributed by atoms with E-state index in [1.807, 2.05) is 4.90 Å². The fraction of sp³-hybridized carbons (Fsp3) is 0.375. The summed E-state index contributed by atoms with van der Waals surface area (Å²) in [6, 6.07) is 3.21. The Balaban J connectivity index is 1.77. The van der Waals surface area contributed by atoms with Crippen LogP contribution >= 0.6 is 0 Å². The molecule has 0 saturated carbocycles. The normalized spacial score (nSPS) is 15.5. The van der Waals surface area contributed by atoms with E-state index in [1.54, 1.807) is 6.92 Å². The van der Waals surface area contributed by atoms with Crippen LogP contribution < -0.4 is 4.90 Å². The second-order valence-corrected chi connectivity index (χ2v) is 5.73. The highest BCUT2D eigenvalue weighted by molar-refractivity contribution is 5.77. The molecule has 1 aromatic heterocycles. The third-order valence-corrected chi connectivity index (χ3v) is 3.85. The van der Waals surface area contributed by atoms with Gasteiger partial charge in [0.25, 0.3) is 0 Å². The maximum atomic E-state index is 13.9. The van der Waals surface area contributed by atoms with Crippen molar-refractivity contribution in [3.05, 3.63) is 36.0 Å². The van der Waals surface area contributed by atoms with E-state index in [9.17, 15) is 13.6 Å². The number of carbonyl (C=O) groups is 1. The van der Waals surface area contributed by atoms with Gasteiger partial charge < -0.3 is 4.90 Å². The molecule has 2 aromatic rings. The first-order valence-electron chi connectivity index (χ1n) is 7.65. The van der Waals surface area contributed by atoms with Gasteiger partial charge in [0.1, 0.15) is 17.4 Å². The molecule has 1 fully saturated rings.